The Hall–Kier alpha value is -2.70. The number of β-lactam (4-membered cyclic amide) rings is 1. The van der Waals surface area contributed by atoms with Crippen LogP contribution in [0.3, 0.4) is 0 Å². The average Bonchev–Trinajstić information content (AvgIpc) is 2.74. The van der Waals surface area contributed by atoms with Crippen molar-refractivity contribution < 1.29 is 18.7 Å². The molecule has 31 heavy (non-hydrogen) atoms. The third-order valence-corrected chi connectivity index (χ3v) is 5.74. The monoisotopic (exact) mass is 441 g/mol. The molecule has 1 fully saturated rings. The number of nitrogens with zero attached hydrogens (tertiary/aromatic N) is 1. The molecule has 0 aliphatic carbocycles. The largest absolute Gasteiger partial charge is 0.388 e. The smallest absolute Gasteiger partial charge is 0.233 e. The SMILES string of the molecule is Cc1ccc([C@@H]2[C@@H](CC[C@@H](O)c3ccc(F)cc3)C(=O)N2c2ccc(F)cc2)cc1.S. The zero-order valence-corrected chi connectivity index (χ0v) is 18.1. The molecule has 1 saturated heterocycles. The Morgan fingerprint density at radius 3 is 2.03 bits per heavy atom. The molecule has 0 unspecified atom stereocenters. The Bertz CT molecular complexity index is 1020. The van der Waals surface area contributed by atoms with Gasteiger partial charge in [-0.15, -0.1) is 0 Å². The van der Waals surface area contributed by atoms with Crippen LogP contribution in [0.4, 0.5) is 14.5 Å². The third kappa shape index (κ3) is 4.81. The van der Waals surface area contributed by atoms with Crippen LogP contribution in [-0.2, 0) is 4.79 Å². The lowest BCUT2D eigenvalue weighted by molar-refractivity contribution is -0.131. The standard InChI is InChI=1S/C25H23F2NO2.H2S/c1-16-2-4-18(5-3-16)24-22(14-15-23(29)17-6-8-19(26)9-7-17)25(30)28(24)21-12-10-20(27)11-13-21;/h2-13,22-24,29H,14-15H2,1H3;1H2/t22-,23-,24-;/m1./s1. The van der Waals surface area contributed by atoms with Gasteiger partial charge in [-0.05, 0) is 67.3 Å². The molecule has 6 heteroatoms. The van der Waals surface area contributed by atoms with E-state index in [1.807, 2.05) is 31.2 Å². The highest BCUT2D eigenvalue weighted by molar-refractivity contribution is 7.59. The van der Waals surface area contributed by atoms with Gasteiger partial charge in [0.25, 0.3) is 0 Å². The van der Waals surface area contributed by atoms with E-state index in [4.69, 9.17) is 0 Å². The molecule has 1 aliphatic rings. The van der Waals surface area contributed by atoms with Gasteiger partial charge in [0.1, 0.15) is 11.6 Å². The molecule has 162 valence electrons. The topological polar surface area (TPSA) is 40.5 Å². The fourth-order valence-electron chi connectivity index (χ4n) is 4.05. The summed E-state index contributed by atoms with van der Waals surface area (Å²) >= 11 is 0. The summed E-state index contributed by atoms with van der Waals surface area (Å²) in [6.45, 7) is 2.00. The summed E-state index contributed by atoms with van der Waals surface area (Å²) in [6.07, 6.45) is 0.117. The van der Waals surface area contributed by atoms with Gasteiger partial charge in [-0.2, -0.15) is 13.5 Å². The van der Waals surface area contributed by atoms with E-state index in [1.54, 1.807) is 29.2 Å². The van der Waals surface area contributed by atoms with Gasteiger partial charge in [0.15, 0.2) is 0 Å². The lowest BCUT2D eigenvalue weighted by Gasteiger charge is -2.48. The molecule has 1 amide bonds. The van der Waals surface area contributed by atoms with Gasteiger partial charge in [-0.3, -0.25) is 4.79 Å². The van der Waals surface area contributed by atoms with Gasteiger partial charge < -0.3 is 10.0 Å². The number of halogens is 2. The van der Waals surface area contributed by atoms with Crippen LogP contribution >= 0.6 is 13.5 Å². The minimum absolute atomic E-state index is 0. The Balaban J connectivity index is 0.00000272. The second-order valence-corrected chi connectivity index (χ2v) is 7.79. The van der Waals surface area contributed by atoms with Crippen molar-refractivity contribution in [2.45, 2.75) is 31.9 Å². The second kappa shape index (κ2) is 9.62. The summed E-state index contributed by atoms with van der Waals surface area (Å²) < 4.78 is 26.5. The number of aliphatic hydroxyl groups excluding tert-OH is 1. The van der Waals surface area contributed by atoms with E-state index in [0.717, 1.165) is 11.1 Å². The number of anilines is 1. The zero-order chi connectivity index (χ0) is 21.3. The molecule has 3 atom stereocenters. The van der Waals surface area contributed by atoms with Crippen molar-refractivity contribution >= 4 is 25.1 Å². The Morgan fingerprint density at radius 1 is 0.903 bits per heavy atom. The van der Waals surface area contributed by atoms with Crippen LogP contribution in [0.15, 0.2) is 72.8 Å². The molecule has 0 saturated carbocycles. The van der Waals surface area contributed by atoms with E-state index in [9.17, 15) is 18.7 Å². The predicted octanol–water partition coefficient (Wildman–Crippen LogP) is 5.60. The van der Waals surface area contributed by atoms with Crippen molar-refractivity contribution in [1.82, 2.24) is 0 Å². The number of aryl methyl sites for hydroxylation is 1. The number of benzene rings is 3. The average molecular weight is 442 g/mol. The highest BCUT2D eigenvalue weighted by Gasteiger charge is 2.48. The minimum Gasteiger partial charge on any atom is -0.388 e. The van der Waals surface area contributed by atoms with Gasteiger partial charge in [-0.25, -0.2) is 8.78 Å². The molecular formula is C25H25F2NO2S. The zero-order valence-electron chi connectivity index (χ0n) is 17.1. The number of carbonyl (C=O) groups is 1. The van der Waals surface area contributed by atoms with Gasteiger partial charge >= 0.3 is 0 Å². The van der Waals surface area contributed by atoms with E-state index in [-0.39, 0.29) is 43.0 Å². The molecule has 0 radical (unpaired) electrons. The molecule has 1 heterocycles. The summed E-state index contributed by atoms with van der Waals surface area (Å²) in [5.74, 6) is -1.03. The maximum Gasteiger partial charge on any atom is 0.233 e. The van der Waals surface area contributed by atoms with Crippen LogP contribution < -0.4 is 4.90 Å². The normalized spacial score (nSPS) is 18.8. The maximum atomic E-state index is 13.4. The molecule has 4 rings (SSSR count). The number of rotatable bonds is 6. The van der Waals surface area contributed by atoms with Gasteiger partial charge in [0, 0.05) is 5.69 Å². The van der Waals surface area contributed by atoms with Crippen LogP contribution in [0.5, 0.6) is 0 Å². The highest BCUT2D eigenvalue weighted by atomic mass is 32.1. The molecule has 1 aliphatic heterocycles. The van der Waals surface area contributed by atoms with Gasteiger partial charge in [-0.1, -0.05) is 42.0 Å². The first-order chi connectivity index (χ1) is 14.4. The maximum absolute atomic E-state index is 13.4. The highest BCUT2D eigenvalue weighted by Crippen LogP contribution is 2.46. The molecular weight excluding hydrogens is 416 g/mol. The third-order valence-electron chi connectivity index (χ3n) is 5.74. The summed E-state index contributed by atoms with van der Waals surface area (Å²) in [4.78, 5) is 14.7. The Labute approximate surface area is 187 Å². The van der Waals surface area contributed by atoms with Crippen molar-refractivity contribution in [2.24, 2.45) is 5.92 Å². The fraction of sp³-hybridized carbons (Fsp3) is 0.240. The van der Waals surface area contributed by atoms with Crippen molar-refractivity contribution in [3.63, 3.8) is 0 Å². The second-order valence-electron chi connectivity index (χ2n) is 7.79. The molecule has 0 bridgehead atoms. The van der Waals surface area contributed by atoms with E-state index >= 15 is 0 Å². The van der Waals surface area contributed by atoms with E-state index in [0.29, 0.717) is 24.1 Å². The molecule has 3 aromatic carbocycles. The number of carbonyl (C=O) groups excluding carboxylic acids is 1. The lowest BCUT2D eigenvalue weighted by atomic mass is 9.78. The first-order valence-electron chi connectivity index (χ1n) is 10.0. The summed E-state index contributed by atoms with van der Waals surface area (Å²) in [6, 6.07) is 19.5. The van der Waals surface area contributed by atoms with E-state index in [2.05, 4.69) is 0 Å². The summed E-state index contributed by atoms with van der Waals surface area (Å²) in [7, 11) is 0. The molecule has 0 spiro atoms. The number of amides is 1. The van der Waals surface area contributed by atoms with E-state index < -0.39 is 6.10 Å². The van der Waals surface area contributed by atoms with Crippen LogP contribution in [0, 0.1) is 24.5 Å². The van der Waals surface area contributed by atoms with E-state index in [1.165, 1.54) is 24.3 Å². The Kier molecular flexibility index (Phi) is 7.13. The van der Waals surface area contributed by atoms with Crippen molar-refractivity contribution in [3.8, 4) is 0 Å². The van der Waals surface area contributed by atoms with Gasteiger partial charge in [0.05, 0.1) is 18.1 Å². The van der Waals surface area contributed by atoms with Crippen molar-refractivity contribution in [2.75, 3.05) is 4.90 Å². The lowest BCUT2D eigenvalue weighted by Crippen LogP contribution is -2.55. The van der Waals surface area contributed by atoms with Crippen molar-refractivity contribution in [3.05, 3.63) is 101 Å². The molecule has 0 aromatic heterocycles. The molecule has 3 aromatic rings. The molecule has 1 N–H and O–H groups in total. The van der Waals surface area contributed by atoms with Crippen LogP contribution in [0.1, 0.15) is 41.7 Å². The quantitative estimate of drug-likeness (QED) is 0.506. The van der Waals surface area contributed by atoms with Crippen LogP contribution in [-0.4, -0.2) is 11.0 Å². The molecule has 3 nitrogen and oxygen atoms in total. The van der Waals surface area contributed by atoms with Gasteiger partial charge in [0.2, 0.25) is 5.91 Å². The van der Waals surface area contributed by atoms with Crippen molar-refractivity contribution in [1.29, 1.82) is 0 Å². The Morgan fingerprint density at radius 2 is 1.45 bits per heavy atom. The number of aliphatic hydroxyl groups is 1. The fourth-order valence-corrected chi connectivity index (χ4v) is 4.05. The minimum atomic E-state index is -0.767. The first-order valence-corrected chi connectivity index (χ1v) is 10.0. The summed E-state index contributed by atoms with van der Waals surface area (Å²) in [5, 5.41) is 10.5. The number of hydrogen-bond donors (Lipinski definition) is 1. The van der Waals surface area contributed by atoms with Crippen LogP contribution in [0.25, 0.3) is 0 Å². The number of hydrogen-bond acceptors (Lipinski definition) is 2. The first kappa shape index (κ1) is 23.0. The summed E-state index contributed by atoms with van der Waals surface area (Å²) in [5.41, 5.74) is 3.42. The van der Waals surface area contributed by atoms with Crippen LogP contribution in [0.2, 0.25) is 0 Å². The predicted molar refractivity (Wildman–Crippen MR) is 122 cm³/mol.